The lowest BCUT2D eigenvalue weighted by atomic mass is 9.88. The van der Waals surface area contributed by atoms with Crippen LogP contribution >= 0.6 is 12.4 Å². The third kappa shape index (κ3) is 4.95. The molecule has 132 valence electrons. The predicted molar refractivity (Wildman–Crippen MR) is 97.1 cm³/mol. The zero-order valence-electron chi connectivity index (χ0n) is 13.8. The van der Waals surface area contributed by atoms with E-state index in [-0.39, 0.29) is 36.1 Å². The summed E-state index contributed by atoms with van der Waals surface area (Å²) >= 11 is 0. The van der Waals surface area contributed by atoms with Gasteiger partial charge in [0.15, 0.2) is 0 Å². The topological polar surface area (TPSA) is 70.2 Å². The van der Waals surface area contributed by atoms with E-state index in [0.717, 1.165) is 50.0 Å². The van der Waals surface area contributed by atoms with Crippen molar-refractivity contribution in [2.45, 2.75) is 38.6 Å². The van der Waals surface area contributed by atoms with Crippen LogP contribution < -0.4 is 16.0 Å². The lowest BCUT2D eigenvalue weighted by Crippen LogP contribution is -2.50. The van der Waals surface area contributed by atoms with E-state index < -0.39 is 0 Å². The second-order valence-corrected chi connectivity index (χ2v) is 6.60. The van der Waals surface area contributed by atoms with Crippen LogP contribution in [0.25, 0.3) is 0 Å². The van der Waals surface area contributed by atoms with E-state index in [1.54, 1.807) is 0 Å². The fourth-order valence-corrected chi connectivity index (χ4v) is 3.18. The van der Waals surface area contributed by atoms with Crippen LogP contribution in [-0.2, 0) is 16.1 Å². The molecule has 6 heteroatoms. The summed E-state index contributed by atoms with van der Waals surface area (Å²) in [5.41, 5.74) is 1.82. The second kappa shape index (κ2) is 9.04. The van der Waals surface area contributed by atoms with E-state index in [1.807, 2.05) is 24.3 Å². The number of halogens is 1. The smallest absolute Gasteiger partial charge is 0.227 e. The van der Waals surface area contributed by atoms with Crippen LogP contribution in [0.2, 0.25) is 0 Å². The Morgan fingerprint density at radius 1 is 1.04 bits per heavy atom. The van der Waals surface area contributed by atoms with Crippen molar-refractivity contribution in [3.8, 4) is 0 Å². The number of carbonyl (C=O) groups is 2. The Kier molecular flexibility index (Phi) is 7.06. The summed E-state index contributed by atoms with van der Waals surface area (Å²) in [7, 11) is 0. The van der Waals surface area contributed by atoms with E-state index in [0.29, 0.717) is 6.54 Å². The molecule has 0 spiro atoms. The number of hydrogen-bond acceptors (Lipinski definition) is 3. The molecule has 24 heavy (non-hydrogen) atoms. The minimum absolute atomic E-state index is 0. The van der Waals surface area contributed by atoms with E-state index in [4.69, 9.17) is 0 Å². The van der Waals surface area contributed by atoms with Gasteiger partial charge in [-0.2, -0.15) is 0 Å². The zero-order valence-corrected chi connectivity index (χ0v) is 14.7. The summed E-state index contributed by atoms with van der Waals surface area (Å²) in [5, 5.41) is 9.07. The number of benzene rings is 1. The molecule has 0 unspecified atom stereocenters. The molecule has 1 saturated carbocycles. The van der Waals surface area contributed by atoms with E-state index in [9.17, 15) is 9.59 Å². The van der Waals surface area contributed by atoms with Crippen molar-refractivity contribution in [2.75, 3.05) is 18.4 Å². The molecule has 1 aromatic rings. The highest BCUT2D eigenvalue weighted by molar-refractivity contribution is 5.92. The highest BCUT2D eigenvalue weighted by Gasteiger charge is 2.24. The molecule has 5 nitrogen and oxygen atoms in total. The van der Waals surface area contributed by atoms with Crippen molar-refractivity contribution < 1.29 is 9.59 Å². The van der Waals surface area contributed by atoms with Crippen molar-refractivity contribution in [3.05, 3.63) is 29.8 Å². The highest BCUT2D eigenvalue weighted by atomic mass is 35.5. The molecule has 1 heterocycles. The van der Waals surface area contributed by atoms with Crippen molar-refractivity contribution in [1.29, 1.82) is 0 Å². The Balaban J connectivity index is 0.00000208. The first-order chi connectivity index (χ1) is 11.2. The molecule has 3 rings (SSSR count). The maximum absolute atomic E-state index is 12.3. The number of amides is 2. The summed E-state index contributed by atoms with van der Waals surface area (Å²) in [6.45, 7) is 2.04. The Morgan fingerprint density at radius 2 is 1.79 bits per heavy atom. The molecular formula is C18H26ClN3O2. The lowest BCUT2D eigenvalue weighted by molar-refractivity contribution is -0.126. The predicted octanol–water partition coefficient (Wildman–Crippen LogP) is 2.46. The fourth-order valence-electron chi connectivity index (χ4n) is 3.18. The van der Waals surface area contributed by atoms with Gasteiger partial charge in [-0.3, -0.25) is 9.59 Å². The van der Waals surface area contributed by atoms with Crippen LogP contribution in [0.3, 0.4) is 0 Å². The van der Waals surface area contributed by atoms with Gasteiger partial charge < -0.3 is 16.0 Å². The van der Waals surface area contributed by atoms with Crippen LogP contribution in [0.15, 0.2) is 24.3 Å². The normalized spacial score (nSPS) is 18.2. The summed E-state index contributed by atoms with van der Waals surface area (Å²) in [6, 6.07) is 7.74. The largest absolute Gasteiger partial charge is 0.352 e. The standard InChI is InChI=1S/C18H25N3O2.ClH/c22-17(15-11-19-12-15)20-10-13-5-4-8-16(9-13)21-18(23)14-6-2-1-3-7-14;/h4-5,8-9,14-15,19H,1-3,6-7,10-12H2,(H,20,22)(H,21,23);1H. The van der Waals surface area contributed by atoms with Crippen LogP contribution in [0, 0.1) is 11.8 Å². The number of anilines is 1. The molecule has 1 aliphatic heterocycles. The SMILES string of the molecule is Cl.O=C(NCc1cccc(NC(=O)C2CCCCC2)c1)C1CNC1. The molecule has 0 bridgehead atoms. The Bertz CT molecular complexity index is 569. The quantitative estimate of drug-likeness (QED) is 0.763. The van der Waals surface area contributed by atoms with Crippen LogP contribution in [-0.4, -0.2) is 24.9 Å². The van der Waals surface area contributed by atoms with Gasteiger partial charge in [0.25, 0.3) is 0 Å². The third-order valence-corrected chi connectivity index (χ3v) is 4.79. The van der Waals surface area contributed by atoms with Crippen LogP contribution in [0.1, 0.15) is 37.7 Å². The lowest BCUT2D eigenvalue weighted by Gasteiger charge is -2.25. The first-order valence-corrected chi connectivity index (χ1v) is 8.60. The fraction of sp³-hybridized carbons (Fsp3) is 0.556. The van der Waals surface area contributed by atoms with E-state index in [1.165, 1.54) is 6.42 Å². The Morgan fingerprint density at radius 3 is 2.46 bits per heavy atom. The first kappa shape index (κ1) is 18.7. The zero-order chi connectivity index (χ0) is 16.1. The van der Waals surface area contributed by atoms with E-state index >= 15 is 0 Å². The molecular weight excluding hydrogens is 326 g/mol. The summed E-state index contributed by atoms with van der Waals surface area (Å²) in [6.07, 6.45) is 5.55. The highest BCUT2D eigenvalue weighted by Crippen LogP contribution is 2.25. The average Bonchev–Trinajstić information content (AvgIpc) is 2.52. The molecule has 3 N–H and O–H groups in total. The summed E-state index contributed by atoms with van der Waals surface area (Å²) < 4.78 is 0. The van der Waals surface area contributed by atoms with E-state index in [2.05, 4.69) is 16.0 Å². The third-order valence-electron chi connectivity index (χ3n) is 4.79. The Hall–Kier alpha value is -1.59. The van der Waals surface area contributed by atoms with Crippen LogP contribution in [0.4, 0.5) is 5.69 Å². The molecule has 1 aliphatic carbocycles. The van der Waals surface area contributed by atoms with Crippen LogP contribution in [0.5, 0.6) is 0 Å². The van der Waals surface area contributed by atoms with Gasteiger partial charge in [0.05, 0.1) is 5.92 Å². The minimum Gasteiger partial charge on any atom is -0.352 e. The maximum Gasteiger partial charge on any atom is 0.227 e. The molecule has 2 aliphatic rings. The number of carbonyl (C=O) groups excluding carboxylic acids is 2. The monoisotopic (exact) mass is 351 g/mol. The minimum atomic E-state index is 0. The molecule has 0 atom stereocenters. The molecule has 2 amide bonds. The summed E-state index contributed by atoms with van der Waals surface area (Å²) in [5.74, 6) is 0.481. The second-order valence-electron chi connectivity index (χ2n) is 6.60. The molecule has 1 saturated heterocycles. The van der Waals surface area contributed by atoms with Crippen molar-refractivity contribution in [3.63, 3.8) is 0 Å². The van der Waals surface area contributed by atoms with Gasteiger partial charge >= 0.3 is 0 Å². The van der Waals surface area contributed by atoms with Gasteiger partial charge in [-0.25, -0.2) is 0 Å². The number of nitrogens with one attached hydrogen (secondary N) is 3. The van der Waals surface area contributed by atoms with Gasteiger partial charge in [-0.05, 0) is 30.5 Å². The van der Waals surface area contributed by atoms with Gasteiger partial charge in [-0.1, -0.05) is 31.4 Å². The Labute approximate surface area is 149 Å². The van der Waals surface area contributed by atoms with Crippen molar-refractivity contribution >= 4 is 29.9 Å². The molecule has 0 radical (unpaired) electrons. The average molecular weight is 352 g/mol. The van der Waals surface area contributed by atoms with Crippen molar-refractivity contribution in [2.24, 2.45) is 11.8 Å². The van der Waals surface area contributed by atoms with Gasteiger partial charge in [0.2, 0.25) is 11.8 Å². The molecule has 1 aromatic carbocycles. The van der Waals surface area contributed by atoms with Gasteiger partial charge in [0, 0.05) is 31.2 Å². The number of rotatable bonds is 5. The van der Waals surface area contributed by atoms with Gasteiger partial charge in [0.1, 0.15) is 0 Å². The number of hydrogen-bond donors (Lipinski definition) is 3. The summed E-state index contributed by atoms with van der Waals surface area (Å²) in [4.78, 5) is 24.1. The maximum atomic E-state index is 12.3. The molecule has 0 aromatic heterocycles. The molecule has 2 fully saturated rings. The first-order valence-electron chi connectivity index (χ1n) is 8.60. The van der Waals surface area contributed by atoms with Gasteiger partial charge in [-0.15, -0.1) is 12.4 Å². The van der Waals surface area contributed by atoms with Crippen molar-refractivity contribution in [1.82, 2.24) is 10.6 Å².